The Morgan fingerprint density at radius 2 is 1.36 bits per heavy atom. The second-order valence-electron chi connectivity index (χ2n) is 18.0. The Hall–Kier alpha value is -5.50. The van der Waals surface area contributed by atoms with E-state index in [-0.39, 0.29) is 31.5 Å². The highest BCUT2D eigenvalue weighted by molar-refractivity contribution is 6.99. The molecule has 0 saturated carbocycles. The quantitative estimate of drug-likeness (QED) is 0.0619. The van der Waals surface area contributed by atoms with Gasteiger partial charge in [-0.15, -0.1) is 0 Å². The maximum Gasteiger partial charge on any atom is 0.416 e. The normalized spacial score (nSPS) is 20.9. The molecule has 0 unspecified atom stereocenters. The highest BCUT2D eigenvalue weighted by atomic mass is 28.4. The molecule has 0 spiro atoms. The Morgan fingerprint density at radius 3 is 1.92 bits per heavy atom. The number of fused-ring (bicyclic) bond motifs is 4. The third-order valence-corrected chi connectivity index (χ3v) is 18.2. The SMILES string of the molecule is CC/C(=C\c1ccc(O)c2ccccc12)CC[C@H]1OC[C@H]2C1=C(CO[Si](c1ccccc1)(c1ccccc1)C(C)(C)C)C[C@H]1C(=O)N(c3cc(C(F)(F)F)cc(C(F)(F)F)c3)C(=O)[C@H]12. The molecule has 64 heavy (non-hydrogen) atoms. The van der Waals surface area contributed by atoms with Crippen molar-refractivity contribution < 1.29 is 50.2 Å². The predicted octanol–water partition coefficient (Wildman–Crippen LogP) is 11.3. The number of phenolic OH excluding ortho intramolecular Hbond substituents is 1. The lowest BCUT2D eigenvalue weighted by molar-refractivity contribution is -0.143. The average Bonchev–Trinajstić information content (AvgIpc) is 3.80. The van der Waals surface area contributed by atoms with Gasteiger partial charge in [0.1, 0.15) is 5.75 Å². The number of aromatic hydroxyl groups is 1. The first kappa shape index (κ1) is 45.1. The predicted molar refractivity (Wildman–Crippen MR) is 237 cm³/mol. The van der Waals surface area contributed by atoms with E-state index < -0.39 is 78.2 Å². The first-order valence-electron chi connectivity index (χ1n) is 21.5. The van der Waals surface area contributed by atoms with Crippen LogP contribution in [0.5, 0.6) is 5.75 Å². The van der Waals surface area contributed by atoms with Crippen molar-refractivity contribution in [3.63, 3.8) is 0 Å². The molecule has 2 saturated heterocycles. The molecule has 2 amide bonds. The molecule has 2 fully saturated rings. The van der Waals surface area contributed by atoms with E-state index >= 15 is 0 Å². The van der Waals surface area contributed by atoms with E-state index in [4.69, 9.17) is 9.16 Å². The molecular formula is C51H49F6NO5Si. The van der Waals surface area contributed by atoms with E-state index in [1.807, 2.05) is 66.7 Å². The molecule has 334 valence electrons. The van der Waals surface area contributed by atoms with Gasteiger partial charge in [0.05, 0.1) is 48.0 Å². The number of hydrogen-bond acceptors (Lipinski definition) is 5. The topological polar surface area (TPSA) is 76.1 Å². The summed E-state index contributed by atoms with van der Waals surface area (Å²) in [6, 6.07) is 32.0. The van der Waals surface area contributed by atoms with Gasteiger partial charge >= 0.3 is 12.4 Å². The fourth-order valence-corrected chi connectivity index (χ4v) is 14.8. The van der Waals surface area contributed by atoms with Crippen molar-refractivity contribution in [1.29, 1.82) is 0 Å². The molecule has 0 bridgehead atoms. The Bertz CT molecular complexity index is 2560. The fraction of sp³-hybridized carbons (Fsp3) is 0.333. The van der Waals surface area contributed by atoms with Crippen LogP contribution in [0.15, 0.2) is 132 Å². The third kappa shape index (κ3) is 8.22. The molecule has 2 heterocycles. The van der Waals surface area contributed by atoms with Gasteiger partial charge < -0.3 is 14.3 Å². The van der Waals surface area contributed by atoms with Crippen LogP contribution in [-0.4, -0.2) is 44.6 Å². The summed E-state index contributed by atoms with van der Waals surface area (Å²) < 4.78 is 98.3. The van der Waals surface area contributed by atoms with Crippen LogP contribution >= 0.6 is 0 Å². The van der Waals surface area contributed by atoms with Crippen LogP contribution in [0.2, 0.25) is 5.04 Å². The van der Waals surface area contributed by atoms with Crippen molar-refractivity contribution in [1.82, 2.24) is 0 Å². The third-order valence-electron chi connectivity index (χ3n) is 13.2. The number of carbonyl (C=O) groups is 2. The van der Waals surface area contributed by atoms with Gasteiger partial charge in [-0.25, -0.2) is 4.90 Å². The van der Waals surface area contributed by atoms with E-state index in [9.17, 15) is 41.0 Å². The lowest BCUT2D eigenvalue weighted by Gasteiger charge is -2.44. The van der Waals surface area contributed by atoms with Gasteiger partial charge in [-0.05, 0) is 87.5 Å². The summed E-state index contributed by atoms with van der Waals surface area (Å²) in [5, 5.41) is 13.8. The number of imide groups is 1. The Kier molecular flexibility index (Phi) is 12.1. The number of phenols is 1. The zero-order chi connectivity index (χ0) is 45.8. The number of carbonyl (C=O) groups excluding carboxylic acids is 2. The van der Waals surface area contributed by atoms with Crippen LogP contribution in [0, 0.1) is 17.8 Å². The second kappa shape index (κ2) is 17.1. The molecule has 5 aromatic carbocycles. The largest absolute Gasteiger partial charge is 0.507 e. The fourth-order valence-electron chi connectivity index (χ4n) is 10.2. The number of benzene rings is 5. The zero-order valence-electron chi connectivity index (χ0n) is 35.9. The summed E-state index contributed by atoms with van der Waals surface area (Å²) >= 11 is 0. The van der Waals surface area contributed by atoms with Crippen LogP contribution in [0.4, 0.5) is 32.0 Å². The number of halogens is 6. The van der Waals surface area contributed by atoms with Crippen molar-refractivity contribution in [2.75, 3.05) is 18.1 Å². The summed E-state index contributed by atoms with van der Waals surface area (Å²) in [5.74, 6) is -4.35. The van der Waals surface area contributed by atoms with Crippen LogP contribution in [0.3, 0.4) is 0 Å². The minimum atomic E-state index is -5.18. The smallest absolute Gasteiger partial charge is 0.416 e. The molecule has 8 rings (SSSR count). The number of amides is 2. The minimum Gasteiger partial charge on any atom is -0.507 e. The number of rotatable bonds is 11. The highest BCUT2D eigenvalue weighted by Gasteiger charge is 2.58. The lowest BCUT2D eigenvalue weighted by Crippen LogP contribution is -2.66. The van der Waals surface area contributed by atoms with Gasteiger partial charge in [0.15, 0.2) is 0 Å². The summed E-state index contributed by atoms with van der Waals surface area (Å²) in [7, 11) is -3.17. The van der Waals surface area contributed by atoms with Crippen molar-refractivity contribution in [2.24, 2.45) is 17.8 Å². The van der Waals surface area contributed by atoms with Gasteiger partial charge in [-0.3, -0.25) is 9.59 Å². The number of alkyl halides is 6. The van der Waals surface area contributed by atoms with Crippen LogP contribution in [0.25, 0.3) is 16.8 Å². The molecule has 0 aromatic heterocycles. The Balaban J connectivity index is 1.20. The van der Waals surface area contributed by atoms with Gasteiger partial charge in [0, 0.05) is 11.3 Å². The number of allylic oxidation sites excluding steroid dienone is 1. The monoisotopic (exact) mass is 897 g/mol. The number of ether oxygens (including phenoxy) is 1. The number of nitrogens with zero attached hydrogens (tertiary/aromatic N) is 1. The second-order valence-corrected chi connectivity index (χ2v) is 22.3. The maximum absolute atomic E-state index is 14.5. The molecular weight excluding hydrogens is 849 g/mol. The summed E-state index contributed by atoms with van der Waals surface area (Å²) in [6.07, 6.45) is -6.96. The molecule has 5 aromatic rings. The summed E-state index contributed by atoms with van der Waals surface area (Å²) in [5.41, 5.74) is -0.415. The van der Waals surface area contributed by atoms with Crippen molar-refractivity contribution >= 4 is 53.0 Å². The molecule has 1 aliphatic carbocycles. The number of anilines is 1. The number of hydrogen-bond donors (Lipinski definition) is 1. The standard InChI is InChI=1S/C51H49F6NO5Si/c1-5-31(24-32-21-22-43(59)40-19-13-12-18-39(32)40)20-23-44-45-33(29-63-64(49(2,3)4,37-14-8-6-9-15-37)38-16-10-7-11-17-38)25-41-46(42(45)30-62-44)48(61)58(47(41)60)36-27-34(50(52,53)54)26-35(28-36)51(55,56)57/h6-19,21-22,24,26-28,41-42,44,46,59H,5,20,23,25,29-30H2,1-4H3/b31-24+/t41-,42+,44-,46-/m1/s1. The molecule has 0 radical (unpaired) electrons. The van der Waals surface area contributed by atoms with E-state index in [1.165, 1.54) is 0 Å². The van der Waals surface area contributed by atoms with E-state index in [0.717, 1.165) is 43.4 Å². The van der Waals surface area contributed by atoms with Crippen LogP contribution in [0.1, 0.15) is 70.1 Å². The average molecular weight is 898 g/mol. The zero-order valence-corrected chi connectivity index (χ0v) is 36.9. The minimum absolute atomic E-state index is 0.0106. The van der Waals surface area contributed by atoms with Gasteiger partial charge in [-0.1, -0.05) is 130 Å². The van der Waals surface area contributed by atoms with Crippen LogP contribution in [-0.2, 0) is 31.1 Å². The molecule has 1 N–H and O–H groups in total. The molecule has 6 nitrogen and oxygen atoms in total. The van der Waals surface area contributed by atoms with Gasteiger partial charge in [0.2, 0.25) is 11.8 Å². The molecule has 2 aliphatic heterocycles. The van der Waals surface area contributed by atoms with E-state index in [0.29, 0.717) is 36.3 Å². The van der Waals surface area contributed by atoms with Crippen LogP contribution < -0.4 is 15.3 Å². The van der Waals surface area contributed by atoms with Gasteiger partial charge in [0.25, 0.3) is 8.32 Å². The van der Waals surface area contributed by atoms with E-state index in [1.54, 1.807) is 6.07 Å². The first-order valence-corrected chi connectivity index (χ1v) is 23.4. The van der Waals surface area contributed by atoms with E-state index in [2.05, 4.69) is 58.0 Å². The van der Waals surface area contributed by atoms with Crippen molar-refractivity contribution in [3.05, 3.63) is 149 Å². The molecule has 4 atom stereocenters. The maximum atomic E-state index is 14.5. The highest BCUT2D eigenvalue weighted by Crippen LogP contribution is 2.52. The molecule has 3 aliphatic rings. The van der Waals surface area contributed by atoms with Gasteiger partial charge in [-0.2, -0.15) is 26.3 Å². The summed E-state index contributed by atoms with van der Waals surface area (Å²) in [4.78, 5) is 29.5. The summed E-state index contributed by atoms with van der Waals surface area (Å²) in [6.45, 7) is 8.54. The first-order chi connectivity index (χ1) is 30.3. The molecule has 13 heteroatoms. The van der Waals surface area contributed by atoms with Crippen molar-refractivity contribution in [3.8, 4) is 5.75 Å². The Labute approximate surface area is 369 Å². The Morgan fingerprint density at radius 1 is 0.781 bits per heavy atom. The lowest BCUT2D eigenvalue weighted by atomic mass is 9.69. The van der Waals surface area contributed by atoms with Crippen molar-refractivity contribution in [2.45, 2.75) is 76.9 Å².